The van der Waals surface area contributed by atoms with Gasteiger partial charge in [0.2, 0.25) is 0 Å². The maximum atomic E-state index is 12.9. The number of hydrogen-bond acceptors (Lipinski definition) is 3. The number of aromatic nitrogens is 2. The van der Waals surface area contributed by atoms with Gasteiger partial charge >= 0.3 is 0 Å². The van der Waals surface area contributed by atoms with Crippen molar-refractivity contribution < 1.29 is 4.79 Å². The summed E-state index contributed by atoms with van der Waals surface area (Å²) < 4.78 is 2.39. The van der Waals surface area contributed by atoms with Gasteiger partial charge in [0.15, 0.2) is 0 Å². The number of hydrogen-bond donors (Lipinski definition) is 0. The first-order chi connectivity index (χ1) is 14.2. The molecule has 0 N–H and O–H groups in total. The average Bonchev–Trinajstić information content (AvgIpc) is 3.23. The van der Waals surface area contributed by atoms with Gasteiger partial charge in [-0.05, 0) is 37.6 Å². The van der Waals surface area contributed by atoms with Crippen LogP contribution in [0.4, 0.5) is 0 Å². The van der Waals surface area contributed by atoms with Crippen molar-refractivity contribution >= 4 is 5.91 Å². The Labute approximate surface area is 171 Å². The van der Waals surface area contributed by atoms with Crippen molar-refractivity contribution in [2.45, 2.75) is 24.9 Å². The molecule has 1 saturated heterocycles. The summed E-state index contributed by atoms with van der Waals surface area (Å²) in [7, 11) is 2.20. The fraction of sp³-hybridized carbons (Fsp3) is 0.333. The van der Waals surface area contributed by atoms with E-state index in [1.54, 1.807) is 0 Å². The van der Waals surface area contributed by atoms with Crippen LogP contribution < -0.4 is 0 Å². The monoisotopic (exact) mass is 386 g/mol. The third-order valence-electron chi connectivity index (χ3n) is 6.63. The number of likely N-dealkylation sites (tertiary alicyclic amines) is 1. The van der Waals surface area contributed by atoms with Crippen molar-refractivity contribution in [1.82, 2.24) is 19.4 Å². The Morgan fingerprint density at radius 1 is 0.897 bits per heavy atom. The first-order valence-corrected chi connectivity index (χ1v) is 10.4. The summed E-state index contributed by atoms with van der Waals surface area (Å²) in [6.45, 7) is 3.46. The number of amides is 1. The van der Waals surface area contributed by atoms with E-state index in [2.05, 4.69) is 40.8 Å². The molecule has 3 aromatic rings. The van der Waals surface area contributed by atoms with Gasteiger partial charge in [0.05, 0.1) is 17.4 Å². The van der Waals surface area contributed by atoms with E-state index in [0.717, 1.165) is 50.4 Å². The molecule has 0 bridgehead atoms. The largest absolute Gasteiger partial charge is 0.338 e. The molecule has 1 spiro atoms. The molecule has 2 aliphatic rings. The molecule has 2 aromatic carbocycles. The van der Waals surface area contributed by atoms with E-state index in [9.17, 15) is 4.79 Å². The third-order valence-corrected chi connectivity index (χ3v) is 6.63. The molecule has 0 saturated carbocycles. The second-order valence-corrected chi connectivity index (χ2v) is 8.10. The van der Waals surface area contributed by atoms with Gasteiger partial charge in [0.1, 0.15) is 5.82 Å². The van der Waals surface area contributed by atoms with Crippen molar-refractivity contribution in [2.24, 2.45) is 0 Å². The smallest absolute Gasteiger partial charge is 0.253 e. The summed E-state index contributed by atoms with van der Waals surface area (Å²) in [6, 6.07) is 20.1. The van der Waals surface area contributed by atoms with Gasteiger partial charge < -0.3 is 9.47 Å². The maximum Gasteiger partial charge on any atom is 0.253 e. The summed E-state index contributed by atoms with van der Waals surface area (Å²) >= 11 is 0. The molecule has 1 aromatic heterocycles. The predicted molar refractivity (Wildman–Crippen MR) is 114 cm³/mol. The van der Waals surface area contributed by atoms with Crippen molar-refractivity contribution in [1.29, 1.82) is 0 Å². The van der Waals surface area contributed by atoms with Crippen LogP contribution in [-0.4, -0.2) is 51.9 Å². The molecule has 1 fully saturated rings. The number of imidazole rings is 1. The Balaban J connectivity index is 1.42. The van der Waals surface area contributed by atoms with E-state index in [1.165, 1.54) is 11.3 Å². The third kappa shape index (κ3) is 2.97. The highest BCUT2D eigenvalue weighted by Gasteiger charge is 2.46. The van der Waals surface area contributed by atoms with Gasteiger partial charge in [-0.3, -0.25) is 9.69 Å². The molecule has 0 atom stereocenters. The molecule has 3 heterocycles. The van der Waals surface area contributed by atoms with Crippen molar-refractivity contribution in [2.75, 3.05) is 26.7 Å². The Morgan fingerprint density at radius 2 is 1.55 bits per heavy atom. The molecular formula is C24H26N4O. The van der Waals surface area contributed by atoms with Gasteiger partial charge in [-0.15, -0.1) is 0 Å². The average molecular weight is 386 g/mol. The van der Waals surface area contributed by atoms with Crippen molar-refractivity contribution in [3.8, 4) is 11.3 Å². The van der Waals surface area contributed by atoms with E-state index >= 15 is 0 Å². The summed E-state index contributed by atoms with van der Waals surface area (Å²) in [5, 5.41) is 0. The molecule has 5 nitrogen and oxygen atoms in total. The Morgan fingerprint density at radius 3 is 2.24 bits per heavy atom. The predicted octanol–water partition coefficient (Wildman–Crippen LogP) is 3.63. The zero-order chi connectivity index (χ0) is 19.8. The fourth-order valence-electron chi connectivity index (χ4n) is 4.90. The van der Waals surface area contributed by atoms with Crippen LogP contribution in [0.15, 0.2) is 66.9 Å². The number of likely N-dealkylation sites (N-methyl/N-ethyl adjacent to an activating group) is 1. The maximum absolute atomic E-state index is 12.9. The van der Waals surface area contributed by atoms with Crippen LogP contribution in [0.25, 0.3) is 11.3 Å². The Kier molecular flexibility index (Phi) is 4.47. The number of benzene rings is 2. The number of fused-ring (bicyclic) bond motifs is 2. The first-order valence-electron chi connectivity index (χ1n) is 10.4. The van der Waals surface area contributed by atoms with Crippen molar-refractivity contribution in [3.63, 3.8) is 0 Å². The van der Waals surface area contributed by atoms with Gasteiger partial charge in [0.25, 0.3) is 5.91 Å². The van der Waals surface area contributed by atoms with Crippen LogP contribution in [0.2, 0.25) is 0 Å². The van der Waals surface area contributed by atoms with Crippen LogP contribution in [0.1, 0.15) is 29.0 Å². The fourth-order valence-corrected chi connectivity index (χ4v) is 4.90. The second-order valence-electron chi connectivity index (χ2n) is 8.10. The second kappa shape index (κ2) is 7.16. The van der Waals surface area contributed by atoms with Crippen LogP contribution in [0.5, 0.6) is 0 Å². The SMILES string of the molecule is CN1CCn2c(-c3ccccc3)cnc2C12CCN(C(=O)c1ccccc1)CC2. The van der Waals surface area contributed by atoms with E-state index in [4.69, 9.17) is 4.98 Å². The molecule has 2 aliphatic heterocycles. The Hall–Kier alpha value is -2.92. The lowest BCUT2D eigenvalue weighted by molar-refractivity contribution is 0.0101. The van der Waals surface area contributed by atoms with Crippen LogP contribution in [0, 0.1) is 0 Å². The van der Waals surface area contributed by atoms with E-state index < -0.39 is 0 Å². The summed E-state index contributed by atoms with van der Waals surface area (Å²) in [6.07, 6.45) is 3.84. The first kappa shape index (κ1) is 18.1. The van der Waals surface area contributed by atoms with Crippen LogP contribution in [-0.2, 0) is 12.1 Å². The minimum atomic E-state index is -0.0985. The van der Waals surface area contributed by atoms with E-state index in [1.807, 2.05) is 47.5 Å². The zero-order valence-corrected chi connectivity index (χ0v) is 16.8. The minimum Gasteiger partial charge on any atom is -0.338 e. The van der Waals surface area contributed by atoms with E-state index in [0.29, 0.717) is 0 Å². The lowest BCUT2D eigenvalue weighted by Gasteiger charge is -2.49. The molecule has 5 heteroatoms. The highest BCUT2D eigenvalue weighted by atomic mass is 16.2. The lowest BCUT2D eigenvalue weighted by Crippen LogP contribution is -2.57. The number of piperidine rings is 1. The quantitative estimate of drug-likeness (QED) is 0.675. The summed E-state index contributed by atoms with van der Waals surface area (Å²) in [4.78, 5) is 22.2. The lowest BCUT2D eigenvalue weighted by atomic mass is 9.83. The number of nitrogens with zero attached hydrogens (tertiary/aromatic N) is 4. The van der Waals surface area contributed by atoms with Crippen molar-refractivity contribution in [3.05, 3.63) is 78.2 Å². The minimum absolute atomic E-state index is 0.0985. The van der Waals surface area contributed by atoms with Gasteiger partial charge in [0, 0.05) is 31.7 Å². The van der Waals surface area contributed by atoms with Gasteiger partial charge in [-0.2, -0.15) is 0 Å². The van der Waals surface area contributed by atoms with Crippen LogP contribution in [0.3, 0.4) is 0 Å². The highest BCUT2D eigenvalue weighted by Crippen LogP contribution is 2.41. The van der Waals surface area contributed by atoms with E-state index in [-0.39, 0.29) is 11.4 Å². The normalized spacial score (nSPS) is 18.6. The van der Waals surface area contributed by atoms with Crippen LogP contribution >= 0.6 is 0 Å². The molecular weight excluding hydrogens is 360 g/mol. The number of carbonyl (C=O) groups excluding carboxylic acids is 1. The molecule has 5 rings (SSSR count). The number of rotatable bonds is 2. The number of carbonyl (C=O) groups is 1. The zero-order valence-electron chi connectivity index (χ0n) is 16.8. The molecule has 0 aliphatic carbocycles. The molecule has 1 amide bonds. The van der Waals surface area contributed by atoms with Gasteiger partial charge in [-0.25, -0.2) is 4.98 Å². The molecule has 0 unspecified atom stereocenters. The highest BCUT2D eigenvalue weighted by molar-refractivity contribution is 5.94. The Bertz CT molecular complexity index is 1000. The molecule has 148 valence electrons. The standard InChI is InChI=1S/C24H26N4O/c1-26-16-17-28-21(19-8-4-2-5-9-19)18-25-23(28)24(26)12-14-27(15-13-24)22(29)20-10-6-3-7-11-20/h2-11,18H,12-17H2,1H3. The molecule has 0 radical (unpaired) electrons. The topological polar surface area (TPSA) is 41.4 Å². The summed E-state index contributed by atoms with van der Waals surface area (Å²) in [5.41, 5.74) is 3.07. The molecule has 29 heavy (non-hydrogen) atoms. The van der Waals surface area contributed by atoms with Gasteiger partial charge in [-0.1, -0.05) is 48.5 Å². The summed E-state index contributed by atoms with van der Waals surface area (Å²) in [5.74, 6) is 1.28.